The normalized spacial score (nSPS) is 10.6. The molecule has 0 aliphatic carbocycles. The third-order valence-electron chi connectivity index (χ3n) is 2.14. The van der Waals surface area contributed by atoms with Gasteiger partial charge in [0.1, 0.15) is 17.3 Å². The summed E-state index contributed by atoms with van der Waals surface area (Å²) in [6, 6.07) is 12.7. The first-order chi connectivity index (χ1) is 8.28. The first-order valence-electron chi connectivity index (χ1n) is 4.99. The Bertz CT molecular complexity index is 506. The number of halogens is 1. The van der Waals surface area contributed by atoms with E-state index in [2.05, 4.69) is 5.16 Å². The lowest BCUT2D eigenvalue weighted by molar-refractivity contribution is 0.322. The number of nitrogens with zero attached hydrogens (tertiary/aromatic N) is 1. The Kier molecular flexibility index (Phi) is 3.35. The van der Waals surface area contributed by atoms with Crippen molar-refractivity contribution in [2.75, 3.05) is 0 Å². The molecule has 0 aliphatic heterocycles. The van der Waals surface area contributed by atoms with Crippen molar-refractivity contribution >= 4 is 6.21 Å². The second-order valence-electron chi connectivity index (χ2n) is 3.37. The van der Waals surface area contributed by atoms with Gasteiger partial charge < -0.3 is 9.94 Å². The summed E-state index contributed by atoms with van der Waals surface area (Å²) in [5.74, 6) is 0.897. The molecular weight excluding hydrogens is 221 g/mol. The largest absolute Gasteiger partial charge is 0.457 e. The fourth-order valence-corrected chi connectivity index (χ4v) is 1.33. The van der Waals surface area contributed by atoms with Crippen molar-refractivity contribution < 1.29 is 14.3 Å². The Morgan fingerprint density at radius 1 is 0.941 bits per heavy atom. The molecule has 0 saturated heterocycles. The van der Waals surface area contributed by atoms with Gasteiger partial charge in [0.05, 0.1) is 6.21 Å². The van der Waals surface area contributed by atoms with Gasteiger partial charge >= 0.3 is 0 Å². The highest BCUT2D eigenvalue weighted by Gasteiger charge is 1.97. The quantitative estimate of drug-likeness (QED) is 0.499. The molecule has 2 aromatic rings. The zero-order chi connectivity index (χ0) is 12.1. The summed E-state index contributed by atoms with van der Waals surface area (Å²) in [5.41, 5.74) is 0.763. The van der Waals surface area contributed by atoms with Gasteiger partial charge in [-0.3, -0.25) is 0 Å². The Morgan fingerprint density at radius 2 is 1.47 bits per heavy atom. The molecule has 0 amide bonds. The van der Waals surface area contributed by atoms with Gasteiger partial charge in [0.15, 0.2) is 0 Å². The summed E-state index contributed by atoms with van der Waals surface area (Å²) in [6.07, 6.45) is 1.32. The molecule has 86 valence electrons. The molecule has 0 fully saturated rings. The standard InChI is InChI=1S/C13H10FNO2/c14-11-3-7-13(8-4-11)17-12-5-1-10(2-6-12)9-15-16/h1-9,16H/b15-9+. The third kappa shape index (κ3) is 3.04. The van der Waals surface area contributed by atoms with Gasteiger partial charge in [0.2, 0.25) is 0 Å². The van der Waals surface area contributed by atoms with Gasteiger partial charge in [-0.1, -0.05) is 5.16 Å². The van der Waals surface area contributed by atoms with Gasteiger partial charge in [-0.15, -0.1) is 0 Å². The average Bonchev–Trinajstić information content (AvgIpc) is 2.35. The van der Waals surface area contributed by atoms with E-state index in [0.29, 0.717) is 11.5 Å². The summed E-state index contributed by atoms with van der Waals surface area (Å²) in [6.45, 7) is 0. The summed E-state index contributed by atoms with van der Waals surface area (Å²) in [5, 5.41) is 11.3. The smallest absolute Gasteiger partial charge is 0.127 e. The monoisotopic (exact) mass is 231 g/mol. The van der Waals surface area contributed by atoms with Crippen LogP contribution in [0.1, 0.15) is 5.56 Å². The summed E-state index contributed by atoms with van der Waals surface area (Å²) in [7, 11) is 0. The molecule has 3 nitrogen and oxygen atoms in total. The lowest BCUT2D eigenvalue weighted by atomic mass is 10.2. The number of rotatable bonds is 3. The van der Waals surface area contributed by atoms with E-state index in [1.165, 1.54) is 18.3 Å². The minimum Gasteiger partial charge on any atom is -0.457 e. The molecular formula is C13H10FNO2. The molecule has 0 unspecified atom stereocenters. The first kappa shape index (κ1) is 11.1. The molecule has 0 spiro atoms. The zero-order valence-electron chi connectivity index (χ0n) is 8.88. The van der Waals surface area contributed by atoms with Crippen LogP contribution in [0.15, 0.2) is 53.7 Å². The van der Waals surface area contributed by atoms with Gasteiger partial charge in [-0.05, 0) is 54.1 Å². The molecule has 0 heterocycles. The van der Waals surface area contributed by atoms with Crippen LogP contribution in [0.25, 0.3) is 0 Å². The lowest BCUT2D eigenvalue weighted by Crippen LogP contribution is -1.86. The second kappa shape index (κ2) is 5.12. The Morgan fingerprint density at radius 3 is 2.00 bits per heavy atom. The zero-order valence-corrected chi connectivity index (χ0v) is 8.88. The molecule has 2 rings (SSSR count). The van der Waals surface area contributed by atoms with E-state index in [1.54, 1.807) is 36.4 Å². The fraction of sp³-hybridized carbons (Fsp3) is 0. The van der Waals surface area contributed by atoms with Gasteiger partial charge in [-0.25, -0.2) is 4.39 Å². The minimum absolute atomic E-state index is 0.299. The van der Waals surface area contributed by atoms with Crippen molar-refractivity contribution in [1.29, 1.82) is 0 Å². The number of oxime groups is 1. The van der Waals surface area contributed by atoms with E-state index in [9.17, 15) is 4.39 Å². The number of benzene rings is 2. The van der Waals surface area contributed by atoms with E-state index in [0.717, 1.165) is 5.56 Å². The molecule has 0 bridgehead atoms. The van der Waals surface area contributed by atoms with Gasteiger partial charge in [0, 0.05) is 0 Å². The molecule has 17 heavy (non-hydrogen) atoms. The van der Waals surface area contributed by atoms with Crippen LogP contribution >= 0.6 is 0 Å². The number of hydrogen-bond donors (Lipinski definition) is 1. The van der Waals surface area contributed by atoms with Gasteiger partial charge in [-0.2, -0.15) is 0 Å². The molecule has 2 aromatic carbocycles. The Hall–Kier alpha value is -2.36. The van der Waals surface area contributed by atoms with Crippen molar-refractivity contribution in [1.82, 2.24) is 0 Å². The highest BCUT2D eigenvalue weighted by atomic mass is 19.1. The highest BCUT2D eigenvalue weighted by Crippen LogP contribution is 2.21. The summed E-state index contributed by atoms with van der Waals surface area (Å²) in [4.78, 5) is 0. The van der Waals surface area contributed by atoms with E-state index in [1.807, 2.05) is 0 Å². The second-order valence-corrected chi connectivity index (χ2v) is 3.37. The van der Waals surface area contributed by atoms with E-state index in [-0.39, 0.29) is 5.82 Å². The third-order valence-corrected chi connectivity index (χ3v) is 2.14. The van der Waals surface area contributed by atoms with Crippen LogP contribution in [-0.2, 0) is 0 Å². The van der Waals surface area contributed by atoms with Crippen LogP contribution in [-0.4, -0.2) is 11.4 Å². The van der Waals surface area contributed by atoms with Crippen LogP contribution in [0.2, 0.25) is 0 Å². The lowest BCUT2D eigenvalue weighted by Gasteiger charge is -2.05. The number of ether oxygens (including phenoxy) is 1. The number of hydrogen-bond acceptors (Lipinski definition) is 3. The minimum atomic E-state index is -0.299. The van der Waals surface area contributed by atoms with Gasteiger partial charge in [0.25, 0.3) is 0 Å². The highest BCUT2D eigenvalue weighted by molar-refractivity contribution is 5.79. The van der Waals surface area contributed by atoms with Crippen molar-refractivity contribution in [3.05, 3.63) is 59.9 Å². The van der Waals surface area contributed by atoms with E-state index < -0.39 is 0 Å². The van der Waals surface area contributed by atoms with Crippen LogP contribution < -0.4 is 4.74 Å². The van der Waals surface area contributed by atoms with Crippen molar-refractivity contribution in [3.8, 4) is 11.5 Å². The van der Waals surface area contributed by atoms with E-state index in [4.69, 9.17) is 9.94 Å². The maximum atomic E-state index is 12.7. The predicted octanol–water partition coefficient (Wildman–Crippen LogP) is 3.43. The van der Waals surface area contributed by atoms with Crippen LogP contribution in [0, 0.1) is 5.82 Å². The molecule has 0 aliphatic rings. The molecule has 0 saturated carbocycles. The SMILES string of the molecule is O/N=C/c1ccc(Oc2ccc(F)cc2)cc1. The molecule has 0 atom stereocenters. The molecule has 1 N–H and O–H groups in total. The van der Waals surface area contributed by atoms with Crippen LogP contribution in [0.3, 0.4) is 0 Å². The van der Waals surface area contributed by atoms with Crippen LogP contribution in [0.5, 0.6) is 11.5 Å². The van der Waals surface area contributed by atoms with Crippen molar-refractivity contribution in [2.45, 2.75) is 0 Å². The van der Waals surface area contributed by atoms with E-state index >= 15 is 0 Å². The topological polar surface area (TPSA) is 41.8 Å². The molecule has 0 aromatic heterocycles. The Balaban J connectivity index is 2.11. The van der Waals surface area contributed by atoms with Crippen molar-refractivity contribution in [3.63, 3.8) is 0 Å². The predicted molar refractivity (Wildman–Crippen MR) is 62.3 cm³/mol. The first-order valence-corrected chi connectivity index (χ1v) is 4.99. The summed E-state index contributed by atoms with van der Waals surface area (Å²) >= 11 is 0. The molecule has 4 heteroatoms. The van der Waals surface area contributed by atoms with Crippen LogP contribution in [0.4, 0.5) is 4.39 Å². The summed E-state index contributed by atoms with van der Waals surface area (Å²) < 4.78 is 18.2. The van der Waals surface area contributed by atoms with Crippen molar-refractivity contribution in [2.24, 2.45) is 5.16 Å². The maximum Gasteiger partial charge on any atom is 0.127 e. The molecule has 0 radical (unpaired) electrons. The Labute approximate surface area is 97.8 Å². The average molecular weight is 231 g/mol. The fourth-order valence-electron chi connectivity index (χ4n) is 1.33. The maximum absolute atomic E-state index is 12.7.